The van der Waals surface area contributed by atoms with Crippen LogP contribution in [0.2, 0.25) is 0 Å². The number of hydrazone groups is 1. The van der Waals surface area contributed by atoms with Gasteiger partial charge in [-0.05, 0) is 17.7 Å². The first-order valence-corrected chi connectivity index (χ1v) is 8.70. The Morgan fingerprint density at radius 1 is 1.19 bits per heavy atom. The number of aromatic amines is 1. The minimum atomic E-state index is 0.523. The molecule has 0 bridgehead atoms. The zero-order valence-electron chi connectivity index (χ0n) is 14.4. The molecule has 132 valence electrons. The van der Waals surface area contributed by atoms with Gasteiger partial charge in [-0.3, -0.25) is 0 Å². The highest BCUT2D eigenvalue weighted by Crippen LogP contribution is 2.28. The molecule has 3 aromatic rings. The van der Waals surface area contributed by atoms with Crippen molar-refractivity contribution in [3.05, 3.63) is 65.9 Å². The molecule has 4 rings (SSSR count). The number of hydrogen-bond acceptors (Lipinski definition) is 4. The van der Waals surface area contributed by atoms with E-state index in [1.54, 1.807) is 6.21 Å². The summed E-state index contributed by atoms with van der Waals surface area (Å²) in [6, 6.07) is 16.7. The Kier molecular flexibility index (Phi) is 4.82. The van der Waals surface area contributed by atoms with E-state index in [0.29, 0.717) is 19.2 Å². The molecule has 2 heterocycles. The second-order valence-electron chi connectivity index (χ2n) is 6.02. The summed E-state index contributed by atoms with van der Waals surface area (Å²) in [5.74, 6) is 0.828. The lowest BCUT2D eigenvalue weighted by atomic mass is 10.1. The summed E-state index contributed by atoms with van der Waals surface area (Å²) in [6.45, 7) is 2.12. The van der Waals surface area contributed by atoms with E-state index in [1.807, 2.05) is 42.6 Å². The average Bonchev–Trinajstić information content (AvgIpc) is 3.12. The standard InChI is InChI=1S/C20H20N4O2/c1-2-6-15(7-3-1)14-26-18-9-4-8-17-19(18)16(12-22-17)13-23-24-20-21-10-5-11-25-20/h1-4,6-9,12-13,22H,5,10-11,14H2,(H,21,24)/p+1/b23-13+. The van der Waals surface area contributed by atoms with Crippen LogP contribution in [0.15, 0.2) is 59.8 Å². The van der Waals surface area contributed by atoms with Crippen molar-refractivity contribution in [2.75, 3.05) is 13.2 Å². The third-order valence-corrected chi connectivity index (χ3v) is 4.16. The van der Waals surface area contributed by atoms with Gasteiger partial charge >= 0.3 is 6.02 Å². The van der Waals surface area contributed by atoms with Crippen LogP contribution in [0.25, 0.3) is 10.9 Å². The van der Waals surface area contributed by atoms with Crippen molar-refractivity contribution in [1.82, 2.24) is 10.4 Å². The highest BCUT2D eigenvalue weighted by molar-refractivity contribution is 6.02. The van der Waals surface area contributed by atoms with E-state index in [4.69, 9.17) is 9.47 Å². The summed E-state index contributed by atoms with van der Waals surface area (Å²) in [6.07, 6.45) is 4.69. The van der Waals surface area contributed by atoms with Crippen molar-refractivity contribution in [3.63, 3.8) is 0 Å². The topological polar surface area (TPSA) is 72.6 Å². The van der Waals surface area contributed by atoms with Gasteiger partial charge in [0.15, 0.2) is 0 Å². The van der Waals surface area contributed by atoms with E-state index >= 15 is 0 Å². The lowest BCUT2D eigenvalue weighted by Gasteiger charge is -2.08. The lowest BCUT2D eigenvalue weighted by molar-refractivity contribution is -0.480. The van der Waals surface area contributed by atoms with Gasteiger partial charge in [0.2, 0.25) is 0 Å². The summed E-state index contributed by atoms with van der Waals surface area (Å²) in [5.41, 5.74) is 6.00. The summed E-state index contributed by atoms with van der Waals surface area (Å²) < 4.78 is 11.5. The number of amidine groups is 1. The van der Waals surface area contributed by atoms with Crippen LogP contribution in [0.5, 0.6) is 5.75 Å². The molecule has 3 N–H and O–H groups in total. The minimum Gasteiger partial charge on any atom is -0.488 e. The largest absolute Gasteiger partial charge is 0.488 e. The molecular weight excluding hydrogens is 328 g/mol. The first-order chi connectivity index (χ1) is 12.9. The fraction of sp³-hybridized carbons (Fsp3) is 0.200. The van der Waals surface area contributed by atoms with E-state index in [-0.39, 0.29) is 0 Å². The number of H-pyrrole nitrogens is 1. The number of fused-ring (bicyclic) bond motifs is 1. The maximum absolute atomic E-state index is 6.06. The Hall–Kier alpha value is -3.28. The fourth-order valence-corrected chi connectivity index (χ4v) is 2.87. The normalized spacial score (nSPS) is 14.2. The number of nitrogens with one attached hydrogen (secondary N) is 3. The quantitative estimate of drug-likeness (QED) is 0.483. The molecule has 0 unspecified atom stereocenters. The monoisotopic (exact) mass is 349 g/mol. The Bertz CT molecular complexity index is 931. The summed E-state index contributed by atoms with van der Waals surface area (Å²) in [4.78, 5) is 6.39. The van der Waals surface area contributed by atoms with Crippen LogP contribution in [0.3, 0.4) is 0 Å². The zero-order chi connectivity index (χ0) is 17.6. The predicted molar refractivity (Wildman–Crippen MR) is 101 cm³/mol. The molecule has 0 atom stereocenters. The molecule has 0 saturated heterocycles. The maximum atomic E-state index is 6.06. The predicted octanol–water partition coefficient (Wildman–Crippen LogP) is 1.53. The Morgan fingerprint density at radius 2 is 2.12 bits per heavy atom. The van der Waals surface area contributed by atoms with Crippen LogP contribution in [0.1, 0.15) is 17.5 Å². The maximum Gasteiger partial charge on any atom is 0.467 e. The Labute approximate surface area is 151 Å². The molecular formula is C20H21N4O2+. The van der Waals surface area contributed by atoms with Gasteiger partial charge in [-0.2, -0.15) is 0 Å². The number of nitrogens with zero attached hydrogens (tertiary/aromatic N) is 1. The lowest BCUT2D eigenvalue weighted by Crippen LogP contribution is -2.78. The number of ether oxygens (including phenoxy) is 2. The molecule has 0 fully saturated rings. The van der Waals surface area contributed by atoms with Gasteiger partial charge in [-0.1, -0.05) is 41.5 Å². The molecule has 0 saturated carbocycles. The second-order valence-corrected chi connectivity index (χ2v) is 6.02. The molecule has 1 aromatic heterocycles. The Balaban J connectivity index is 1.53. The summed E-state index contributed by atoms with van der Waals surface area (Å²) >= 11 is 0. The van der Waals surface area contributed by atoms with Crippen LogP contribution in [0.4, 0.5) is 0 Å². The third kappa shape index (κ3) is 3.69. The highest BCUT2D eigenvalue weighted by atomic mass is 16.5. The molecule has 6 nitrogen and oxygen atoms in total. The molecule has 0 amide bonds. The average molecular weight is 349 g/mol. The van der Waals surface area contributed by atoms with Crippen LogP contribution < -0.4 is 15.2 Å². The van der Waals surface area contributed by atoms with Crippen molar-refractivity contribution >= 4 is 23.1 Å². The molecule has 1 aliphatic rings. The molecule has 0 radical (unpaired) electrons. The van der Waals surface area contributed by atoms with Gasteiger partial charge in [0.1, 0.15) is 12.4 Å². The van der Waals surface area contributed by atoms with E-state index < -0.39 is 0 Å². The molecule has 26 heavy (non-hydrogen) atoms. The van der Waals surface area contributed by atoms with Gasteiger partial charge in [0.25, 0.3) is 0 Å². The minimum absolute atomic E-state index is 0.523. The molecule has 2 aromatic carbocycles. The first kappa shape index (κ1) is 16.2. The van der Waals surface area contributed by atoms with Crippen molar-refractivity contribution in [2.45, 2.75) is 13.0 Å². The molecule has 0 spiro atoms. The van der Waals surface area contributed by atoms with E-state index in [9.17, 15) is 0 Å². The molecule has 6 heteroatoms. The van der Waals surface area contributed by atoms with Crippen molar-refractivity contribution in [1.29, 1.82) is 0 Å². The number of aromatic nitrogens is 1. The second kappa shape index (κ2) is 7.74. The first-order valence-electron chi connectivity index (χ1n) is 8.70. The van der Waals surface area contributed by atoms with E-state index in [0.717, 1.165) is 40.7 Å². The third-order valence-electron chi connectivity index (χ3n) is 4.16. The van der Waals surface area contributed by atoms with Gasteiger partial charge in [0.05, 0.1) is 24.8 Å². The van der Waals surface area contributed by atoms with Gasteiger partial charge in [-0.25, -0.2) is 4.99 Å². The number of rotatable bonds is 5. The molecule has 1 aliphatic heterocycles. The van der Waals surface area contributed by atoms with Crippen LogP contribution >= 0.6 is 0 Å². The van der Waals surface area contributed by atoms with Crippen molar-refractivity contribution in [3.8, 4) is 5.75 Å². The van der Waals surface area contributed by atoms with Gasteiger partial charge < -0.3 is 14.5 Å². The van der Waals surface area contributed by atoms with E-state index in [2.05, 4.69) is 32.6 Å². The summed E-state index contributed by atoms with van der Waals surface area (Å²) in [7, 11) is 0. The van der Waals surface area contributed by atoms with Gasteiger partial charge in [-0.15, -0.1) is 5.43 Å². The van der Waals surface area contributed by atoms with Crippen molar-refractivity contribution in [2.24, 2.45) is 5.10 Å². The smallest absolute Gasteiger partial charge is 0.467 e. The van der Waals surface area contributed by atoms with Gasteiger partial charge in [0, 0.05) is 23.7 Å². The SMILES string of the molecule is C(=N\NC1=[NH+]CCCO1)/c1c[nH]c2cccc(OCc3ccccc3)c12. The number of hydrogen-bond donors (Lipinski definition) is 3. The summed E-state index contributed by atoms with van der Waals surface area (Å²) in [5, 5.41) is 5.28. The van der Waals surface area contributed by atoms with Crippen LogP contribution in [0, 0.1) is 0 Å². The van der Waals surface area contributed by atoms with Crippen LogP contribution in [-0.4, -0.2) is 30.4 Å². The fourth-order valence-electron chi connectivity index (χ4n) is 2.87. The highest BCUT2D eigenvalue weighted by Gasteiger charge is 2.12. The van der Waals surface area contributed by atoms with E-state index in [1.165, 1.54) is 0 Å². The number of benzene rings is 2. The zero-order valence-corrected chi connectivity index (χ0v) is 14.4. The molecule has 0 aliphatic carbocycles. The van der Waals surface area contributed by atoms with Crippen LogP contribution in [-0.2, 0) is 11.3 Å². The van der Waals surface area contributed by atoms with Crippen molar-refractivity contribution < 1.29 is 14.5 Å². The Morgan fingerprint density at radius 3 is 2.96 bits per heavy atom.